The van der Waals surface area contributed by atoms with E-state index in [0.717, 1.165) is 0 Å². The Bertz CT molecular complexity index is 618. The molecule has 0 spiro atoms. The minimum atomic E-state index is -0.657. The third kappa shape index (κ3) is 2.50. The van der Waals surface area contributed by atoms with E-state index in [1.807, 2.05) is 0 Å². The van der Waals surface area contributed by atoms with Gasteiger partial charge in [0, 0.05) is 6.07 Å². The van der Waals surface area contributed by atoms with Crippen molar-refractivity contribution in [1.29, 1.82) is 0 Å². The van der Waals surface area contributed by atoms with Crippen LogP contribution in [0.1, 0.15) is 20.8 Å². The van der Waals surface area contributed by atoms with Crippen molar-refractivity contribution >= 4 is 22.8 Å². The zero-order chi connectivity index (χ0) is 14.2. The monoisotopic (exact) mass is 265 g/mol. The Morgan fingerprint density at radius 3 is 2.79 bits per heavy atom. The van der Waals surface area contributed by atoms with Crippen molar-refractivity contribution in [3.63, 3.8) is 0 Å². The Labute approximate surface area is 109 Å². The summed E-state index contributed by atoms with van der Waals surface area (Å²) in [6.45, 7) is 5.19. The molecule has 102 valence electrons. The summed E-state index contributed by atoms with van der Waals surface area (Å²) in [6, 6.07) is 4.66. The number of nitro benzene ring substituents is 1. The van der Waals surface area contributed by atoms with Crippen molar-refractivity contribution in [2.45, 2.75) is 32.4 Å². The standard InChI is InChI=1S/C12H15N3O4/c1-7(16)12(2,3)14-11-13-10-8(15(17)18)5-4-6-9(10)19-11/h4-7,16H,1-3H3,(H,13,14). The molecule has 0 radical (unpaired) electrons. The van der Waals surface area contributed by atoms with Gasteiger partial charge in [-0.1, -0.05) is 6.07 Å². The van der Waals surface area contributed by atoms with E-state index in [-0.39, 0.29) is 17.2 Å². The van der Waals surface area contributed by atoms with Crippen molar-refractivity contribution in [1.82, 2.24) is 4.98 Å². The summed E-state index contributed by atoms with van der Waals surface area (Å²) in [4.78, 5) is 14.4. The van der Waals surface area contributed by atoms with E-state index in [9.17, 15) is 15.2 Å². The number of para-hydroxylation sites is 1. The maximum absolute atomic E-state index is 10.9. The molecule has 2 aromatic rings. The number of aromatic nitrogens is 1. The van der Waals surface area contributed by atoms with Crippen molar-refractivity contribution in [3.05, 3.63) is 28.3 Å². The highest BCUT2D eigenvalue weighted by Gasteiger charge is 2.27. The van der Waals surface area contributed by atoms with Gasteiger partial charge in [-0.25, -0.2) is 0 Å². The lowest BCUT2D eigenvalue weighted by molar-refractivity contribution is -0.383. The van der Waals surface area contributed by atoms with Crippen LogP contribution in [0.25, 0.3) is 11.1 Å². The number of aliphatic hydroxyl groups excluding tert-OH is 1. The van der Waals surface area contributed by atoms with Crippen LogP contribution in [0.5, 0.6) is 0 Å². The highest BCUT2D eigenvalue weighted by molar-refractivity contribution is 5.84. The Morgan fingerprint density at radius 1 is 1.53 bits per heavy atom. The number of anilines is 1. The summed E-state index contributed by atoms with van der Waals surface area (Å²) in [5, 5.41) is 23.4. The van der Waals surface area contributed by atoms with E-state index < -0.39 is 16.6 Å². The number of hydrogen-bond donors (Lipinski definition) is 2. The first-order valence-electron chi connectivity index (χ1n) is 5.81. The van der Waals surface area contributed by atoms with Gasteiger partial charge in [0.15, 0.2) is 11.1 Å². The molecule has 0 aliphatic carbocycles. The molecule has 0 fully saturated rings. The minimum Gasteiger partial charge on any atom is -0.423 e. The second-order valence-electron chi connectivity index (χ2n) is 4.92. The van der Waals surface area contributed by atoms with Crippen molar-refractivity contribution in [2.75, 3.05) is 5.32 Å². The molecule has 0 saturated carbocycles. The highest BCUT2D eigenvalue weighted by atomic mass is 16.6. The Morgan fingerprint density at radius 2 is 2.21 bits per heavy atom. The predicted molar refractivity (Wildman–Crippen MR) is 70.0 cm³/mol. The molecular weight excluding hydrogens is 250 g/mol. The number of hydrogen-bond acceptors (Lipinski definition) is 6. The third-order valence-corrected chi connectivity index (χ3v) is 3.07. The van der Waals surface area contributed by atoms with Crippen LogP contribution in [0.2, 0.25) is 0 Å². The van der Waals surface area contributed by atoms with E-state index >= 15 is 0 Å². The summed E-state index contributed by atoms with van der Waals surface area (Å²) in [6.07, 6.45) is -0.641. The summed E-state index contributed by atoms with van der Waals surface area (Å²) in [5.41, 5.74) is -0.242. The van der Waals surface area contributed by atoms with Crippen LogP contribution >= 0.6 is 0 Å². The first-order chi connectivity index (χ1) is 8.81. The fraction of sp³-hybridized carbons (Fsp3) is 0.417. The molecule has 19 heavy (non-hydrogen) atoms. The number of oxazole rings is 1. The number of non-ortho nitro benzene ring substituents is 1. The average molecular weight is 265 g/mol. The van der Waals surface area contributed by atoms with Crippen LogP contribution in [0.15, 0.2) is 22.6 Å². The molecule has 1 aromatic heterocycles. The molecule has 7 heteroatoms. The van der Waals surface area contributed by atoms with Gasteiger partial charge in [-0.15, -0.1) is 0 Å². The molecule has 1 heterocycles. The van der Waals surface area contributed by atoms with Gasteiger partial charge in [0.2, 0.25) is 0 Å². The average Bonchev–Trinajstić information content (AvgIpc) is 2.69. The molecule has 0 bridgehead atoms. The van der Waals surface area contributed by atoms with Crippen molar-refractivity contribution in [3.8, 4) is 0 Å². The molecular formula is C12H15N3O4. The number of fused-ring (bicyclic) bond motifs is 1. The maximum Gasteiger partial charge on any atom is 0.298 e. The number of nitrogens with one attached hydrogen (secondary N) is 1. The van der Waals surface area contributed by atoms with E-state index in [2.05, 4.69) is 10.3 Å². The first-order valence-corrected chi connectivity index (χ1v) is 5.81. The lowest BCUT2D eigenvalue weighted by Crippen LogP contribution is -2.41. The van der Waals surface area contributed by atoms with Gasteiger partial charge in [0.05, 0.1) is 16.6 Å². The molecule has 7 nitrogen and oxygen atoms in total. The van der Waals surface area contributed by atoms with Crippen LogP contribution in [-0.2, 0) is 0 Å². The van der Waals surface area contributed by atoms with Gasteiger partial charge in [0.25, 0.3) is 11.7 Å². The van der Waals surface area contributed by atoms with E-state index in [4.69, 9.17) is 4.42 Å². The van der Waals surface area contributed by atoms with Crippen LogP contribution in [0.3, 0.4) is 0 Å². The van der Waals surface area contributed by atoms with Crippen molar-refractivity contribution in [2.24, 2.45) is 0 Å². The van der Waals surface area contributed by atoms with E-state index in [1.165, 1.54) is 12.1 Å². The quantitative estimate of drug-likeness (QED) is 0.649. The van der Waals surface area contributed by atoms with Gasteiger partial charge >= 0.3 is 0 Å². The maximum atomic E-state index is 10.9. The van der Waals surface area contributed by atoms with Crippen LogP contribution in [-0.4, -0.2) is 26.7 Å². The predicted octanol–water partition coefficient (Wildman–Crippen LogP) is 2.31. The second kappa shape index (κ2) is 4.51. The number of nitrogens with zero attached hydrogens (tertiary/aromatic N) is 2. The van der Waals surface area contributed by atoms with Crippen LogP contribution in [0.4, 0.5) is 11.7 Å². The SMILES string of the molecule is CC(O)C(C)(C)Nc1nc2c([N+](=O)[O-])cccc2o1. The molecule has 0 amide bonds. The number of nitro groups is 1. The largest absolute Gasteiger partial charge is 0.423 e. The molecule has 2 rings (SSSR count). The topological polar surface area (TPSA) is 101 Å². The van der Waals surface area contributed by atoms with E-state index in [0.29, 0.717) is 5.58 Å². The fourth-order valence-electron chi connectivity index (χ4n) is 1.51. The smallest absolute Gasteiger partial charge is 0.298 e. The molecule has 1 atom stereocenters. The fourth-order valence-corrected chi connectivity index (χ4v) is 1.51. The van der Waals surface area contributed by atoms with Gasteiger partial charge in [-0.3, -0.25) is 10.1 Å². The van der Waals surface area contributed by atoms with Crippen LogP contribution in [0, 0.1) is 10.1 Å². The molecule has 1 unspecified atom stereocenters. The van der Waals surface area contributed by atoms with Crippen molar-refractivity contribution < 1.29 is 14.4 Å². The summed E-state index contributed by atoms with van der Waals surface area (Å²) in [5.74, 6) is 0. The number of rotatable bonds is 4. The van der Waals surface area contributed by atoms with E-state index in [1.54, 1.807) is 26.8 Å². The number of aliphatic hydroxyl groups is 1. The lowest BCUT2D eigenvalue weighted by Gasteiger charge is -2.28. The van der Waals surface area contributed by atoms with Gasteiger partial charge in [-0.05, 0) is 26.8 Å². The molecule has 0 aliphatic heterocycles. The summed E-state index contributed by atoms with van der Waals surface area (Å²) < 4.78 is 5.41. The lowest BCUT2D eigenvalue weighted by atomic mass is 9.99. The number of benzene rings is 1. The summed E-state index contributed by atoms with van der Waals surface area (Å²) in [7, 11) is 0. The second-order valence-corrected chi connectivity index (χ2v) is 4.92. The highest BCUT2D eigenvalue weighted by Crippen LogP contribution is 2.28. The molecule has 1 aromatic carbocycles. The summed E-state index contributed by atoms with van der Waals surface area (Å²) >= 11 is 0. The zero-order valence-corrected chi connectivity index (χ0v) is 10.9. The Kier molecular flexibility index (Phi) is 3.15. The van der Waals surface area contributed by atoms with Gasteiger partial charge in [-0.2, -0.15) is 4.98 Å². The minimum absolute atomic E-state index is 0.107. The van der Waals surface area contributed by atoms with Crippen LogP contribution < -0.4 is 5.32 Å². The van der Waals surface area contributed by atoms with Gasteiger partial charge in [0.1, 0.15) is 0 Å². The molecule has 2 N–H and O–H groups in total. The zero-order valence-electron chi connectivity index (χ0n) is 10.9. The Balaban J connectivity index is 2.43. The Hall–Kier alpha value is -2.15. The normalized spacial score (nSPS) is 13.5. The third-order valence-electron chi connectivity index (χ3n) is 3.07. The van der Waals surface area contributed by atoms with Gasteiger partial charge < -0.3 is 14.8 Å². The molecule has 0 saturated heterocycles. The molecule has 0 aliphatic rings. The first kappa shape index (κ1) is 13.3.